The van der Waals surface area contributed by atoms with E-state index < -0.39 is 12.0 Å². The van der Waals surface area contributed by atoms with Crippen molar-refractivity contribution in [2.45, 2.75) is 0 Å². The number of rotatable bonds is 0. The summed E-state index contributed by atoms with van der Waals surface area (Å²) >= 11 is 1.46. The van der Waals surface area contributed by atoms with Crippen LogP contribution in [0.3, 0.4) is 0 Å². The second-order valence-electron chi connectivity index (χ2n) is 1.06. The van der Waals surface area contributed by atoms with Crippen molar-refractivity contribution >= 4 is 22.6 Å². The second-order valence-corrected chi connectivity index (χ2v) is 2.14. The highest BCUT2D eigenvalue weighted by Gasteiger charge is 2.10. The first-order valence-electron chi connectivity index (χ1n) is 1.68. The Bertz CT molecular complexity index is 180. The van der Waals surface area contributed by atoms with E-state index in [1.54, 1.807) is 0 Å². The predicted octanol–water partition coefficient (Wildman–Crippen LogP) is 1.56. The highest BCUT2D eigenvalue weighted by Crippen LogP contribution is 2.12. The van der Waals surface area contributed by atoms with E-state index in [0.29, 0.717) is 0 Å². The van der Waals surface area contributed by atoms with Crippen LogP contribution in [0.4, 0.5) is 8.78 Å². The number of aromatic nitrogens is 1. The van der Waals surface area contributed by atoms with Crippen LogP contribution in [-0.4, -0.2) is 5.16 Å². The van der Waals surface area contributed by atoms with Crippen LogP contribution in [0.25, 0.3) is 0 Å². The maximum atomic E-state index is 11.9. The fraction of sp³-hybridized carbons (Fsp3) is 0. The van der Waals surface area contributed by atoms with Gasteiger partial charge in [0, 0.05) is 0 Å². The van der Waals surface area contributed by atoms with Gasteiger partial charge in [-0.05, 0) is 27.7 Å². The molecule has 0 saturated heterocycles. The third kappa shape index (κ3) is 0.816. The molecular formula is C3F2INO. The molecule has 1 rings (SSSR count). The van der Waals surface area contributed by atoms with Crippen molar-refractivity contribution < 1.29 is 13.3 Å². The van der Waals surface area contributed by atoms with Crippen molar-refractivity contribution in [1.29, 1.82) is 0 Å². The van der Waals surface area contributed by atoms with Gasteiger partial charge >= 0.3 is 6.01 Å². The van der Waals surface area contributed by atoms with E-state index in [1.807, 2.05) is 0 Å². The van der Waals surface area contributed by atoms with Gasteiger partial charge in [0.2, 0.25) is 0 Å². The molecule has 0 aliphatic heterocycles. The molecule has 0 spiro atoms. The van der Waals surface area contributed by atoms with Crippen molar-refractivity contribution in [2.75, 3.05) is 0 Å². The average molecular weight is 231 g/mol. The molecule has 5 heteroatoms. The van der Waals surface area contributed by atoms with Gasteiger partial charge in [-0.1, -0.05) is 0 Å². The largest absolute Gasteiger partial charge is 0.322 e. The lowest BCUT2D eigenvalue weighted by Crippen LogP contribution is -1.74. The van der Waals surface area contributed by atoms with Crippen molar-refractivity contribution in [3.63, 3.8) is 0 Å². The van der Waals surface area contributed by atoms with Crippen LogP contribution in [0.5, 0.6) is 0 Å². The summed E-state index contributed by atoms with van der Waals surface area (Å²) in [6.45, 7) is 0. The van der Waals surface area contributed by atoms with Crippen molar-refractivity contribution in [2.24, 2.45) is 0 Å². The molecule has 44 valence electrons. The Morgan fingerprint density at radius 2 is 2.12 bits per heavy atom. The van der Waals surface area contributed by atoms with Crippen molar-refractivity contribution in [3.8, 4) is 0 Å². The summed E-state index contributed by atoms with van der Waals surface area (Å²) in [7, 11) is 0. The molecule has 0 fully saturated rings. The quantitative estimate of drug-likeness (QED) is 0.633. The van der Waals surface area contributed by atoms with E-state index in [-0.39, 0.29) is 3.57 Å². The summed E-state index contributed by atoms with van der Waals surface area (Å²) in [5, 5.41) is 2.69. The first-order chi connectivity index (χ1) is 3.72. The molecular weight excluding hydrogens is 231 g/mol. The smallest absolute Gasteiger partial charge is 0.322 e. The lowest BCUT2D eigenvalue weighted by atomic mass is 10.7. The van der Waals surface area contributed by atoms with Gasteiger partial charge in [-0.15, -0.1) is 0 Å². The van der Waals surface area contributed by atoms with Gasteiger partial charge in [-0.25, -0.2) is 0 Å². The molecule has 0 amide bonds. The Balaban J connectivity index is 3.19. The van der Waals surface area contributed by atoms with Gasteiger partial charge in [0.25, 0.3) is 5.95 Å². The molecule has 1 aromatic heterocycles. The highest BCUT2D eigenvalue weighted by atomic mass is 127. The SMILES string of the molecule is Fc1noc(F)c1I. The van der Waals surface area contributed by atoms with Gasteiger partial charge < -0.3 is 4.52 Å². The zero-order valence-electron chi connectivity index (χ0n) is 3.49. The fourth-order valence-corrected chi connectivity index (χ4v) is 0.438. The minimum atomic E-state index is -0.969. The number of hydrogen-bond acceptors (Lipinski definition) is 2. The van der Waals surface area contributed by atoms with E-state index in [0.717, 1.165) is 0 Å². The van der Waals surface area contributed by atoms with E-state index in [9.17, 15) is 8.78 Å². The van der Waals surface area contributed by atoms with E-state index in [2.05, 4.69) is 9.68 Å². The maximum absolute atomic E-state index is 11.9. The van der Waals surface area contributed by atoms with Crippen LogP contribution in [-0.2, 0) is 0 Å². The molecule has 0 aliphatic carbocycles. The summed E-state index contributed by atoms with van der Waals surface area (Å²) in [4.78, 5) is 0. The summed E-state index contributed by atoms with van der Waals surface area (Å²) in [6, 6.07) is -0.969. The Labute approximate surface area is 57.0 Å². The van der Waals surface area contributed by atoms with Crippen LogP contribution >= 0.6 is 22.6 Å². The van der Waals surface area contributed by atoms with Crippen LogP contribution in [0.15, 0.2) is 4.52 Å². The van der Waals surface area contributed by atoms with Crippen LogP contribution in [0.1, 0.15) is 0 Å². The number of halogens is 3. The highest BCUT2D eigenvalue weighted by molar-refractivity contribution is 14.1. The van der Waals surface area contributed by atoms with Crippen LogP contribution in [0.2, 0.25) is 0 Å². The summed E-state index contributed by atoms with van der Waals surface area (Å²) in [5.74, 6) is -0.900. The maximum Gasteiger partial charge on any atom is 0.322 e. The molecule has 2 nitrogen and oxygen atoms in total. The minimum absolute atomic E-state index is 0.206. The third-order valence-corrected chi connectivity index (χ3v) is 1.43. The lowest BCUT2D eigenvalue weighted by molar-refractivity contribution is 0.268. The molecule has 8 heavy (non-hydrogen) atoms. The molecule has 0 unspecified atom stereocenters. The molecule has 0 atom stereocenters. The zero-order valence-corrected chi connectivity index (χ0v) is 5.65. The van der Waals surface area contributed by atoms with Crippen LogP contribution in [0, 0.1) is 15.5 Å². The molecule has 0 aliphatic rings. The first-order valence-corrected chi connectivity index (χ1v) is 2.76. The Morgan fingerprint density at radius 1 is 1.50 bits per heavy atom. The number of nitrogens with zero attached hydrogens (tertiary/aromatic N) is 1. The minimum Gasteiger partial charge on any atom is -0.322 e. The van der Waals surface area contributed by atoms with E-state index in [1.165, 1.54) is 22.6 Å². The summed E-state index contributed by atoms with van der Waals surface area (Å²) in [5.41, 5.74) is 0. The molecule has 1 aromatic rings. The third-order valence-electron chi connectivity index (χ3n) is 0.560. The van der Waals surface area contributed by atoms with Gasteiger partial charge in [-0.3, -0.25) is 0 Å². The van der Waals surface area contributed by atoms with Crippen LogP contribution < -0.4 is 0 Å². The van der Waals surface area contributed by atoms with Crippen molar-refractivity contribution in [1.82, 2.24) is 5.16 Å². The van der Waals surface area contributed by atoms with E-state index in [4.69, 9.17) is 0 Å². The Kier molecular flexibility index (Phi) is 1.45. The molecule has 0 bridgehead atoms. The standard InChI is InChI=1S/C3F2INO/c4-2-1(6)3(5)8-7-2. The monoisotopic (exact) mass is 231 g/mol. The van der Waals surface area contributed by atoms with Gasteiger partial charge in [0.05, 0.1) is 0 Å². The van der Waals surface area contributed by atoms with Crippen molar-refractivity contribution in [3.05, 3.63) is 15.5 Å². The zero-order chi connectivity index (χ0) is 6.15. The van der Waals surface area contributed by atoms with Gasteiger partial charge in [0.15, 0.2) is 0 Å². The molecule has 0 aromatic carbocycles. The first kappa shape index (κ1) is 5.93. The lowest BCUT2D eigenvalue weighted by Gasteiger charge is -1.71. The summed E-state index contributed by atoms with van der Waals surface area (Å²) in [6.07, 6.45) is 0. The Morgan fingerprint density at radius 3 is 2.25 bits per heavy atom. The summed E-state index contributed by atoms with van der Waals surface area (Å²) < 4.78 is 27.3. The molecule has 0 radical (unpaired) electrons. The van der Waals surface area contributed by atoms with Gasteiger partial charge in [-0.2, -0.15) is 8.78 Å². The normalized spacial score (nSPS) is 9.88. The second kappa shape index (κ2) is 1.96. The predicted molar refractivity (Wildman–Crippen MR) is 29.1 cm³/mol. The molecule has 0 N–H and O–H groups in total. The topological polar surface area (TPSA) is 26.0 Å². The molecule has 1 heterocycles. The number of hydrogen-bond donors (Lipinski definition) is 0. The van der Waals surface area contributed by atoms with Gasteiger partial charge in [0.1, 0.15) is 3.57 Å². The average Bonchev–Trinajstić information content (AvgIpc) is 1.98. The molecule has 0 saturated carbocycles. The fourth-order valence-electron chi connectivity index (χ4n) is 0.241. The van der Waals surface area contributed by atoms with E-state index >= 15 is 0 Å². The Hall–Kier alpha value is -0.200.